The Morgan fingerprint density at radius 3 is 2.63 bits per heavy atom. The highest BCUT2D eigenvalue weighted by Gasteiger charge is 2.31. The second kappa shape index (κ2) is 7.51. The second-order valence-corrected chi connectivity index (χ2v) is 7.87. The predicted molar refractivity (Wildman–Crippen MR) is 108 cm³/mol. The summed E-state index contributed by atoms with van der Waals surface area (Å²) in [6, 6.07) is 5.27. The molecular weight excluding hydrogens is 386 g/mol. The molecule has 0 bridgehead atoms. The molecule has 5 rings (SSSR count). The van der Waals surface area contributed by atoms with Gasteiger partial charge in [0.25, 0.3) is 17.4 Å². The zero-order valence-corrected chi connectivity index (χ0v) is 16.6. The quantitative estimate of drug-likeness (QED) is 0.818. The Morgan fingerprint density at radius 2 is 1.80 bits per heavy atom. The van der Waals surface area contributed by atoms with Crippen LogP contribution in [0.1, 0.15) is 51.1 Å². The zero-order chi connectivity index (χ0) is 20.7. The van der Waals surface area contributed by atoms with Crippen LogP contribution in [0.15, 0.2) is 29.2 Å². The highest BCUT2D eigenvalue weighted by Crippen LogP contribution is 2.36. The number of piperidine rings is 1. The summed E-state index contributed by atoms with van der Waals surface area (Å²) in [7, 11) is 0. The number of amides is 2. The fraction of sp³-hybridized carbons (Fsp3) is 0.409. The molecule has 1 saturated heterocycles. The highest BCUT2D eigenvalue weighted by atomic mass is 16.7. The largest absolute Gasteiger partial charge is 0.454 e. The third-order valence-electron chi connectivity index (χ3n) is 6.06. The Kier molecular flexibility index (Phi) is 4.69. The van der Waals surface area contributed by atoms with Crippen LogP contribution in [0.25, 0.3) is 0 Å². The number of hydrogen-bond acceptors (Lipinski definition) is 5. The van der Waals surface area contributed by atoms with Crippen molar-refractivity contribution in [1.29, 1.82) is 0 Å². The van der Waals surface area contributed by atoms with E-state index in [4.69, 9.17) is 9.47 Å². The third-order valence-corrected chi connectivity index (χ3v) is 6.06. The molecule has 0 saturated carbocycles. The molecule has 30 heavy (non-hydrogen) atoms. The molecule has 1 fully saturated rings. The topological polar surface area (TPSA) is 91.9 Å². The molecule has 1 aromatic carbocycles. The lowest BCUT2D eigenvalue weighted by Crippen LogP contribution is -2.42. The van der Waals surface area contributed by atoms with Crippen molar-refractivity contribution in [3.8, 4) is 11.5 Å². The first-order valence-electron chi connectivity index (χ1n) is 10.3. The lowest BCUT2D eigenvalue weighted by Gasteiger charge is -2.31. The van der Waals surface area contributed by atoms with E-state index in [9.17, 15) is 14.4 Å². The van der Waals surface area contributed by atoms with Crippen LogP contribution in [0.4, 0.5) is 0 Å². The van der Waals surface area contributed by atoms with Crippen LogP contribution in [-0.2, 0) is 13.0 Å². The Labute approximate surface area is 173 Å². The van der Waals surface area contributed by atoms with E-state index in [1.54, 1.807) is 34.2 Å². The molecule has 0 unspecified atom stereocenters. The minimum absolute atomic E-state index is 0.103. The van der Waals surface area contributed by atoms with Gasteiger partial charge in [-0.3, -0.25) is 14.4 Å². The smallest absolute Gasteiger partial charge is 0.261 e. The molecule has 8 heteroatoms. The fourth-order valence-corrected chi connectivity index (χ4v) is 4.49. The summed E-state index contributed by atoms with van der Waals surface area (Å²) in [5, 5.41) is 0. The number of nitrogens with one attached hydrogen (secondary N) is 1. The van der Waals surface area contributed by atoms with Crippen LogP contribution in [0, 0.1) is 0 Å². The van der Waals surface area contributed by atoms with E-state index in [0.717, 1.165) is 30.4 Å². The summed E-state index contributed by atoms with van der Waals surface area (Å²) in [5.74, 6) is 0.685. The summed E-state index contributed by atoms with van der Waals surface area (Å²) >= 11 is 0. The van der Waals surface area contributed by atoms with Gasteiger partial charge in [-0.2, -0.15) is 0 Å². The third kappa shape index (κ3) is 3.12. The predicted octanol–water partition coefficient (Wildman–Crippen LogP) is 1.93. The first kappa shape index (κ1) is 18.7. The molecule has 2 aromatic rings. The number of aromatic amines is 1. The summed E-state index contributed by atoms with van der Waals surface area (Å²) < 4.78 is 10.8. The molecule has 4 heterocycles. The Hall–Kier alpha value is -3.29. The number of H-pyrrole nitrogens is 1. The van der Waals surface area contributed by atoms with Crippen molar-refractivity contribution >= 4 is 11.8 Å². The van der Waals surface area contributed by atoms with Gasteiger partial charge in [-0.1, -0.05) is 6.07 Å². The Bertz CT molecular complexity index is 1070. The Morgan fingerprint density at radius 1 is 0.967 bits per heavy atom. The van der Waals surface area contributed by atoms with Crippen molar-refractivity contribution < 1.29 is 19.1 Å². The van der Waals surface area contributed by atoms with Gasteiger partial charge in [0, 0.05) is 32.4 Å². The molecular formula is C22H23N3O5. The first-order chi connectivity index (χ1) is 14.6. The SMILES string of the molecule is O=C(c1cccc2c1OCO2)N1CCc2c(c[nH]c(=O)c2C(=O)N2CCCCC2)C1. The number of hydrogen-bond donors (Lipinski definition) is 1. The number of likely N-dealkylation sites (tertiary alicyclic amines) is 1. The van der Waals surface area contributed by atoms with E-state index in [1.807, 2.05) is 0 Å². The van der Waals surface area contributed by atoms with Crippen molar-refractivity contribution in [3.05, 3.63) is 57.0 Å². The molecule has 0 aliphatic carbocycles. The summed E-state index contributed by atoms with van der Waals surface area (Å²) in [5.41, 5.74) is 1.91. The van der Waals surface area contributed by atoms with Gasteiger partial charge >= 0.3 is 0 Å². The van der Waals surface area contributed by atoms with Crippen LogP contribution in [0.2, 0.25) is 0 Å². The highest BCUT2D eigenvalue weighted by molar-refractivity contribution is 5.99. The normalized spacial score (nSPS) is 17.6. The molecule has 8 nitrogen and oxygen atoms in total. The van der Waals surface area contributed by atoms with Gasteiger partial charge in [0.15, 0.2) is 11.5 Å². The van der Waals surface area contributed by atoms with Gasteiger partial charge in [0.2, 0.25) is 6.79 Å². The molecule has 1 N–H and O–H groups in total. The number of nitrogens with zero attached hydrogens (tertiary/aromatic N) is 2. The van der Waals surface area contributed by atoms with Gasteiger partial charge in [-0.25, -0.2) is 0 Å². The lowest BCUT2D eigenvalue weighted by molar-refractivity contribution is 0.0716. The van der Waals surface area contributed by atoms with E-state index >= 15 is 0 Å². The van der Waals surface area contributed by atoms with E-state index in [0.29, 0.717) is 49.7 Å². The van der Waals surface area contributed by atoms with Crippen LogP contribution in [-0.4, -0.2) is 53.0 Å². The average molecular weight is 409 g/mol. The molecule has 0 spiro atoms. The minimum Gasteiger partial charge on any atom is -0.454 e. The molecule has 0 radical (unpaired) electrons. The molecule has 3 aliphatic rings. The van der Waals surface area contributed by atoms with Gasteiger partial charge < -0.3 is 24.3 Å². The molecule has 2 amide bonds. The fourth-order valence-electron chi connectivity index (χ4n) is 4.49. The van der Waals surface area contributed by atoms with Crippen LogP contribution < -0.4 is 15.0 Å². The lowest BCUT2D eigenvalue weighted by atomic mass is 9.95. The summed E-state index contributed by atoms with van der Waals surface area (Å²) in [6.07, 6.45) is 5.13. The number of benzene rings is 1. The van der Waals surface area contributed by atoms with Crippen molar-refractivity contribution in [3.63, 3.8) is 0 Å². The van der Waals surface area contributed by atoms with Gasteiger partial charge in [-0.15, -0.1) is 0 Å². The number of carbonyl (C=O) groups is 2. The van der Waals surface area contributed by atoms with Gasteiger partial charge in [0.05, 0.1) is 5.56 Å². The van der Waals surface area contributed by atoms with Gasteiger partial charge in [0.1, 0.15) is 5.56 Å². The van der Waals surface area contributed by atoms with Crippen LogP contribution >= 0.6 is 0 Å². The van der Waals surface area contributed by atoms with Crippen LogP contribution in [0.3, 0.4) is 0 Å². The zero-order valence-electron chi connectivity index (χ0n) is 16.6. The summed E-state index contributed by atoms with van der Waals surface area (Å²) in [6.45, 7) is 2.24. The number of fused-ring (bicyclic) bond motifs is 2. The van der Waals surface area contributed by atoms with E-state index < -0.39 is 0 Å². The number of aromatic nitrogens is 1. The average Bonchev–Trinajstić information content (AvgIpc) is 3.27. The summed E-state index contributed by atoms with van der Waals surface area (Å²) in [4.78, 5) is 44.9. The monoisotopic (exact) mass is 409 g/mol. The maximum atomic E-state index is 13.1. The van der Waals surface area contributed by atoms with Gasteiger partial charge in [-0.05, 0) is 48.9 Å². The molecule has 3 aliphatic heterocycles. The van der Waals surface area contributed by atoms with Crippen molar-refractivity contribution in [2.75, 3.05) is 26.4 Å². The van der Waals surface area contributed by atoms with Crippen molar-refractivity contribution in [2.24, 2.45) is 0 Å². The number of carbonyl (C=O) groups excluding carboxylic acids is 2. The molecule has 0 atom stereocenters. The number of pyridine rings is 1. The van der Waals surface area contributed by atoms with E-state index in [2.05, 4.69) is 4.98 Å². The number of ether oxygens (including phenoxy) is 2. The minimum atomic E-state index is -0.351. The van der Waals surface area contributed by atoms with Crippen molar-refractivity contribution in [1.82, 2.24) is 14.8 Å². The standard InChI is InChI=1S/C22H23N3O5/c26-20-18(22(28)24-8-2-1-3-9-24)15-7-10-25(12-14(15)11-23-20)21(27)16-5-4-6-17-19(16)30-13-29-17/h4-6,11H,1-3,7-10,12-13H2,(H,23,26). The van der Waals surface area contributed by atoms with Crippen LogP contribution in [0.5, 0.6) is 11.5 Å². The van der Waals surface area contributed by atoms with Crippen molar-refractivity contribution in [2.45, 2.75) is 32.2 Å². The molecule has 1 aromatic heterocycles. The number of rotatable bonds is 2. The van der Waals surface area contributed by atoms with E-state index in [1.165, 1.54) is 0 Å². The van der Waals surface area contributed by atoms with E-state index in [-0.39, 0.29) is 29.7 Å². The Balaban J connectivity index is 1.42. The first-order valence-corrected chi connectivity index (χ1v) is 10.3. The maximum Gasteiger partial charge on any atom is 0.261 e. The number of para-hydroxylation sites is 1. The molecule has 156 valence electrons. The second-order valence-electron chi connectivity index (χ2n) is 7.87. The maximum absolute atomic E-state index is 13.1.